The molecule has 0 amide bonds. The summed E-state index contributed by atoms with van der Waals surface area (Å²) < 4.78 is 0. The Morgan fingerprint density at radius 2 is 0.776 bits per heavy atom. The molecule has 8 heteroatoms. The van der Waals surface area contributed by atoms with E-state index in [-0.39, 0.29) is 0 Å². The fourth-order valence-corrected chi connectivity index (χ4v) is 11.8. The van der Waals surface area contributed by atoms with Crippen molar-refractivity contribution in [3.63, 3.8) is 0 Å². The first-order valence-electron chi connectivity index (χ1n) is 19.2. The molecule has 5 heterocycles. The van der Waals surface area contributed by atoms with E-state index in [1.807, 2.05) is 25.1 Å². The van der Waals surface area contributed by atoms with E-state index in [2.05, 4.69) is 155 Å². The van der Waals surface area contributed by atoms with Gasteiger partial charge in [0, 0.05) is 65.6 Å². The number of fused-ring (bicyclic) bond motifs is 4. The van der Waals surface area contributed by atoms with Crippen LogP contribution in [-0.2, 0) is 0 Å². The molecule has 0 saturated heterocycles. The van der Waals surface area contributed by atoms with Crippen molar-refractivity contribution in [3.05, 3.63) is 158 Å². The molecule has 2 aliphatic heterocycles. The van der Waals surface area contributed by atoms with Crippen molar-refractivity contribution in [2.45, 2.75) is 0 Å². The predicted octanol–water partition coefficient (Wildman–Crippen LogP) is 14.5. The van der Waals surface area contributed by atoms with Gasteiger partial charge in [0.1, 0.15) is 22.7 Å². The molecule has 0 fully saturated rings. The molecule has 13 rings (SSSR count). The van der Waals surface area contributed by atoms with Gasteiger partial charge >= 0.3 is 0 Å². The van der Waals surface area contributed by atoms with E-state index in [1.54, 1.807) is 22.7 Å². The van der Waals surface area contributed by atoms with Crippen LogP contribution >= 0.6 is 22.7 Å². The minimum atomic E-state index is 0.881. The van der Waals surface area contributed by atoms with Crippen molar-refractivity contribution in [1.29, 1.82) is 0 Å². The Kier molecular flexibility index (Phi) is 6.66. The van der Waals surface area contributed by atoms with E-state index in [4.69, 9.17) is 20.0 Å². The average Bonchev–Trinajstić information content (AvgIpc) is 3.85. The fourth-order valence-electron chi connectivity index (χ4n) is 9.12. The summed E-state index contributed by atoms with van der Waals surface area (Å²) in [6, 6.07) is 51.9. The highest BCUT2D eigenvalue weighted by molar-refractivity contribution is 7.22. The van der Waals surface area contributed by atoms with Gasteiger partial charge in [0.2, 0.25) is 0 Å². The van der Waals surface area contributed by atoms with E-state index in [1.165, 1.54) is 32.3 Å². The van der Waals surface area contributed by atoms with Crippen LogP contribution in [0.2, 0.25) is 0 Å². The SMILES string of the molecule is C1=Nc2cccc3cccc(c23)N1c1sc(-c2c3ccccc3c(-c3sc(N4C=Nc5cccc6cccc4c56)c4ccccc34)c3nccnc23)c2ccccc12. The van der Waals surface area contributed by atoms with Gasteiger partial charge in [-0.25, -0.2) is 9.98 Å². The van der Waals surface area contributed by atoms with Gasteiger partial charge in [-0.2, -0.15) is 0 Å². The molecular weight excluding hydrogens is 749 g/mol. The Labute approximate surface area is 339 Å². The molecule has 58 heavy (non-hydrogen) atoms. The maximum Gasteiger partial charge on any atom is 0.109 e. The first-order valence-corrected chi connectivity index (χ1v) is 20.8. The summed E-state index contributed by atoms with van der Waals surface area (Å²) in [6.45, 7) is 0. The molecule has 0 bridgehead atoms. The lowest BCUT2D eigenvalue weighted by molar-refractivity contribution is 1.30. The lowest BCUT2D eigenvalue weighted by Crippen LogP contribution is -2.15. The second kappa shape index (κ2) is 12.1. The van der Waals surface area contributed by atoms with E-state index < -0.39 is 0 Å². The van der Waals surface area contributed by atoms with Crippen LogP contribution in [0.4, 0.5) is 32.8 Å². The number of aliphatic imine (C=N–C) groups is 2. The standard InChI is InChI=1S/C50H28N6S2/c1-2-16-32-31(15-1)43(47-33-17-3-5-19-35(33)49(57-47)55-27-53-37-21-7-11-29-13-9-23-39(55)41(29)37)45-46(52-26-25-51-45)44(32)48-34-18-4-6-20-36(34)50(58-48)56-28-54-38-22-8-12-30-14-10-24-40(56)42(30)38/h1-28H. The molecule has 0 unspecified atom stereocenters. The van der Waals surface area contributed by atoms with E-state index >= 15 is 0 Å². The van der Waals surface area contributed by atoms with Crippen molar-refractivity contribution in [2.75, 3.05) is 9.80 Å². The highest BCUT2D eigenvalue weighted by Gasteiger charge is 2.29. The first kappa shape index (κ1) is 31.9. The molecule has 270 valence electrons. The highest BCUT2D eigenvalue weighted by atomic mass is 32.1. The third-order valence-electron chi connectivity index (χ3n) is 11.6. The zero-order valence-electron chi connectivity index (χ0n) is 30.7. The van der Waals surface area contributed by atoms with Gasteiger partial charge in [-0.15, -0.1) is 22.7 Å². The van der Waals surface area contributed by atoms with Crippen LogP contribution in [0.5, 0.6) is 0 Å². The smallest absolute Gasteiger partial charge is 0.109 e. The van der Waals surface area contributed by atoms with Gasteiger partial charge in [-0.1, -0.05) is 121 Å². The molecule has 0 spiro atoms. The van der Waals surface area contributed by atoms with Gasteiger partial charge < -0.3 is 0 Å². The Morgan fingerprint density at radius 3 is 1.22 bits per heavy atom. The van der Waals surface area contributed by atoms with E-state index in [0.717, 1.165) is 86.2 Å². The lowest BCUT2D eigenvalue weighted by atomic mass is 9.93. The third-order valence-corrected chi connectivity index (χ3v) is 14.1. The number of benzene rings is 8. The maximum absolute atomic E-state index is 5.19. The second-order valence-electron chi connectivity index (χ2n) is 14.6. The normalized spacial score (nSPS) is 13.3. The Hall–Kier alpha value is -7.26. The fraction of sp³-hybridized carbons (Fsp3) is 0. The molecule has 0 N–H and O–H groups in total. The van der Waals surface area contributed by atoms with Gasteiger partial charge in [0.25, 0.3) is 0 Å². The summed E-state index contributed by atoms with van der Waals surface area (Å²) in [7, 11) is 0. The van der Waals surface area contributed by atoms with Crippen LogP contribution in [-0.4, -0.2) is 22.6 Å². The van der Waals surface area contributed by atoms with Gasteiger partial charge in [-0.05, 0) is 45.8 Å². The van der Waals surface area contributed by atoms with E-state index in [0.29, 0.717) is 0 Å². The van der Waals surface area contributed by atoms with Gasteiger partial charge in [0.15, 0.2) is 0 Å². The summed E-state index contributed by atoms with van der Waals surface area (Å²) in [5, 5.41) is 13.9. The minimum absolute atomic E-state index is 0.881. The van der Waals surface area contributed by atoms with Crippen molar-refractivity contribution < 1.29 is 0 Å². The third kappa shape index (κ3) is 4.41. The summed E-state index contributed by atoms with van der Waals surface area (Å²) in [4.78, 5) is 27.1. The summed E-state index contributed by atoms with van der Waals surface area (Å²) in [5.41, 5.74) is 8.19. The number of anilines is 4. The molecule has 2 aliphatic rings. The van der Waals surface area contributed by atoms with Crippen LogP contribution in [0.1, 0.15) is 0 Å². The van der Waals surface area contributed by atoms with Crippen LogP contribution in [0, 0.1) is 0 Å². The zero-order chi connectivity index (χ0) is 37.9. The molecule has 0 atom stereocenters. The van der Waals surface area contributed by atoms with Crippen LogP contribution in [0.3, 0.4) is 0 Å². The van der Waals surface area contributed by atoms with Crippen molar-refractivity contribution in [1.82, 2.24) is 9.97 Å². The quantitative estimate of drug-likeness (QED) is 0.167. The van der Waals surface area contributed by atoms with E-state index in [9.17, 15) is 0 Å². The van der Waals surface area contributed by atoms with Crippen LogP contribution < -0.4 is 9.80 Å². The summed E-state index contributed by atoms with van der Waals surface area (Å²) >= 11 is 3.58. The first-order chi connectivity index (χ1) is 28.8. The number of rotatable bonds is 4. The topological polar surface area (TPSA) is 57.0 Å². The second-order valence-corrected chi connectivity index (χ2v) is 16.6. The molecule has 3 aromatic heterocycles. The Morgan fingerprint density at radius 1 is 0.379 bits per heavy atom. The van der Waals surface area contributed by atoms with Crippen molar-refractivity contribution >= 4 is 133 Å². The molecule has 0 radical (unpaired) electrons. The largest absolute Gasteiger partial charge is 0.291 e. The number of hydrogen-bond acceptors (Lipinski definition) is 8. The lowest BCUT2D eigenvalue weighted by Gasteiger charge is -2.24. The predicted molar refractivity (Wildman–Crippen MR) is 247 cm³/mol. The highest BCUT2D eigenvalue weighted by Crippen LogP contribution is 2.55. The minimum Gasteiger partial charge on any atom is -0.291 e. The van der Waals surface area contributed by atoms with Crippen LogP contribution in [0.25, 0.3) is 85.8 Å². The number of hydrogen-bond donors (Lipinski definition) is 0. The number of aromatic nitrogens is 2. The zero-order valence-corrected chi connectivity index (χ0v) is 32.3. The molecule has 11 aromatic rings. The maximum atomic E-state index is 5.19. The summed E-state index contributed by atoms with van der Waals surface area (Å²) in [5.74, 6) is 0. The molecular formula is C50H28N6S2. The number of nitrogens with zero attached hydrogens (tertiary/aromatic N) is 6. The Bertz CT molecular complexity index is 3310. The molecule has 8 aromatic carbocycles. The average molecular weight is 777 g/mol. The van der Waals surface area contributed by atoms with Crippen molar-refractivity contribution in [2.24, 2.45) is 9.98 Å². The molecule has 0 saturated carbocycles. The molecule has 0 aliphatic carbocycles. The number of thiophene rings is 2. The van der Waals surface area contributed by atoms with Crippen LogP contribution in [0.15, 0.2) is 168 Å². The van der Waals surface area contributed by atoms with Crippen molar-refractivity contribution in [3.8, 4) is 20.9 Å². The summed E-state index contributed by atoms with van der Waals surface area (Å²) in [6.07, 6.45) is 7.61. The molecule has 6 nitrogen and oxygen atoms in total. The Balaban J connectivity index is 1.06. The monoisotopic (exact) mass is 776 g/mol. The van der Waals surface area contributed by atoms with Gasteiger partial charge in [-0.3, -0.25) is 19.8 Å². The van der Waals surface area contributed by atoms with Gasteiger partial charge in [0.05, 0.1) is 33.8 Å².